The van der Waals surface area contributed by atoms with Crippen LogP contribution in [0.25, 0.3) is 0 Å². The van der Waals surface area contributed by atoms with Crippen molar-refractivity contribution in [2.24, 2.45) is 5.92 Å². The summed E-state index contributed by atoms with van der Waals surface area (Å²) in [6, 6.07) is 15.8. The van der Waals surface area contributed by atoms with Crippen molar-refractivity contribution in [3.05, 3.63) is 66.0 Å². The number of benzene rings is 2. The Morgan fingerprint density at radius 3 is 2.46 bits per heavy atom. The molecule has 138 valence electrons. The van der Waals surface area contributed by atoms with Crippen LogP contribution in [0.15, 0.2) is 54.6 Å². The number of halogens is 1. The first kappa shape index (κ1) is 18.4. The number of amides is 1. The normalized spacial score (nSPS) is 16.3. The van der Waals surface area contributed by atoms with Crippen LogP contribution >= 0.6 is 0 Å². The predicted molar refractivity (Wildman–Crippen MR) is 97.2 cm³/mol. The van der Waals surface area contributed by atoms with Crippen molar-refractivity contribution in [3.8, 4) is 5.75 Å². The summed E-state index contributed by atoms with van der Waals surface area (Å²) < 4.78 is 18.8. The molecule has 4 nitrogen and oxygen atoms in total. The number of carbonyl (C=O) groups excluding carboxylic acids is 1. The number of ether oxygens (including phenoxy) is 1. The Morgan fingerprint density at radius 1 is 1.12 bits per heavy atom. The van der Waals surface area contributed by atoms with Gasteiger partial charge >= 0.3 is 0 Å². The molecule has 1 aliphatic heterocycles. The summed E-state index contributed by atoms with van der Waals surface area (Å²) in [7, 11) is 0. The van der Waals surface area contributed by atoms with Crippen molar-refractivity contribution in [1.82, 2.24) is 4.90 Å². The molecule has 1 atom stereocenters. The van der Waals surface area contributed by atoms with Crippen molar-refractivity contribution in [3.63, 3.8) is 0 Å². The summed E-state index contributed by atoms with van der Waals surface area (Å²) in [6.07, 6.45) is 1.28. The summed E-state index contributed by atoms with van der Waals surface area (Å²) >= 11 is 0. The second-order valence-corrected chi connectivity index (χ2v) is 6.60. The Balaban J connectivity index is 1.43. The van der Waals surface area contributed by atoms with E-state index in [1.807, 2.05) is 30.3 Å². The van der Waals surface area contributed by atoms with E-state index < -0.39 is 11.9 Å². The van der Waals surface area contributed by atoms with Gasteiger partial charge < -0.3 is 14.7 Å². The fourth-order valence-electron chi connectivity index (χ4n) is 3.36. The van der Waals surface area contributed by atoms with Crippen LogP contribution in [0.2, 0.25) is 0 Å². The van der Waals surface area contributed by atoms with E-state index in [0.29, 0.717) is 13.1 Å². The van der Waals surface area contributed by atoms with E-state index in [-0.39, 0.29) is 30.6 Å². The Morgan fingerprint density at radius 2 is 1.77 bits per heavy atom. The summed E-state index contributed by atoms with van der Waals surface area (Å²) in [4.78, 5) is 14.1. The molecule has 0 bridgehead atoms. The molecule has 0 saturated carbocycles. The van der Waals surface area contributed by atoms with Gasteiger partial charge in [0.25, 0.3) is 0 Å². The highest BCUT2D eigenvalue weighted by molar-refractivity contribution is 5.76. The van der Waals surface area contributed by atoms with Crippen LogP contribution in [-0.2, 0) is 4.79 Å². The number of piperidine rings is 1. The fraction of sp³-hybridized carbons (Fsp3) is 0.381. The molecule has 2 aromatic carbocycles. The van der Waals surface area contributed by atoms with Crippen LogP contribution in [0.4, 0.5) is 4.39 Å². The van der Waals surface area contributed by atoms with Gasteiger partial charge in [0.1, 0.15) is 0 Å². The number of rotatable bonds is 6. The van der Waals surface area contributed by atoms with Gasteiger partial charge in [0.05, 0.1) is 19.1 Å². The Bertz CT molecular complexity index is 714. The maximum absolute atomic E-state index is 13.5. The van der Waals surface area contributed by atoms with Gasteiger partial charge in [-0.1, -0.05) is 42.5 Å². The van der Waals surface area contributed by atoms with Crippen molar-refractivity contribution in [2.45, 2.75) is 25.4 Å². The SMILES string of the molecule is O=C(CCOc1ccccc1F)N1CCC([C@H](O)c2ccccc2)CC1. The number of hydrogen-bond donors (Lipinski definition) is 1. The number of aliphatic hydroxyl groups excluding tert-OH is 1. The second kappa shape index (κ2) is 8.81. The van der Waals surface area contributed by atoms with Crippen molar-refractivity contribution in [2.75, 3.05) is 19.7 Å². The minimum Gasteiger partial charge on any atom is -0.490 e. The van der Waals surface area contributed by atoms with Gasteiger partial charge in [-0.2, -0.15) is 0 Å². The van der Waals surface area contributed by atoms with E-state index in [2.05, 4.69) is 0 Å². The molecule has 1 saturated heterocycles. The molecule has 26 heavy (non-hydrogen) atoms. The van der Waals surface area contributed by atoms with Crippen LogP contribution in [-0.4, -0.2) is 35.6 Å². The second-order valence-electron chi connectivity index (χ2n) is 6.60. The lowest BCUT2D eigenvalue weighted by Gasteiger charge is -2.34. The van der Waals surface area contributed by atoms with Crippen LogP contribution in [0.5, 0.6) is 5.75 Å². The Hall–Kier alpha value is -2.40. The predicted octanol–water partition coefficient (Wildman–Crippen LogP) is 3.57. The van der Waals surface area contributed by atoms with Crippen LogP contribution < -0.4 is 4.74 Å². The molecule has 1 N–H and O–H groups in total. The summed E-state index contributed by atoms with van der Waals surface area (Å²) in [5.74, 6) is -0.0780. The zero-order valence-electron chi connectivity index (χ0n) is 14.7. The number of carbonyl (C=O) groups is 1. The zero-order valence-corrected chi connectivity index (χ0v) is 14.7. The molecule has 5 heteroatoms. The molecule has 3 rings (SSSR count). The minimum absolute atomic E-state index is 0.00832. The first-order valence-electron chi connectivity index (χ1n) is 9.03. The lowest BCUT2D eigenvalue weighted by Crippen LogP contribution is -2.40. The summed E-state index contributed by atoms with van der Waals surface area (Å²) in [5.41, 5.74) is 0.926. The topological polar surface area (TPSA) is 49.8 Å². The van der Waals surface area contributed by atoms with E-state index in [1.165, 1.54) is 6.07 Å². The maximum atomic E-state index is 13.5. The molecule has 1 aliphatic rings. The highest BCUT2D eigenvalue weighted by Gasteiger charge is 2.28. The van der Waals surface area contributed by atoms with Crippen LogP contribution in [0.3, 0.4) is 0 Å². The molecule has 1 heterocycles. The van der Waals surface area contributed by atoms with Gasteiger partial charge in [0.15, 0.2) is 11.6 Å². The van der Waals surface area contributed by atoms with Crippen molar-refractivity contribution < 1.29 is 19.0 Å². The van der Waals surface area contributed by atoms with E-state index in [0.717, 1.165) is 18.4 Å². The third-order valence-electron chi connectivity index (χ3n) is 4.89. The number of aliphatic hydroxyl groups is 1. The number of para-hydroxylation sites is 1. The lowest BCUT2D eigenvalue weighted by molar-refractivity contribution is -0.133. The van der Waals surface area contributed by atoms with Gasteiger partial charge in [0, 0.05) is 13.1 Å². The average Bonchev–Trinajstić information content (AvgIpc) is 2.69. The van der Waals surface area contributed by atoms with Crippen molar-refractivity contribution >= 4 is 5.91 Å². The molecule has 2 aromatic rings. The first-order valence-corrected chi connectivity index (χ1v) is 9.03. The third kappa shape index (κ3) is 4.61. The number of likely N-dealkylation sites (tertiary alicyclic amines) is 1. The molecular formula is C21H24FNO3. The van der Waals surface area contributed by atoms with E-state index in [4.69, 9.17) is 4.74 Å². The van der Waals surface area contributed by atoms with Gasteiger partial charge in [-0.25, -0.2) is 4.39 Å². The lowest BCUT2D eigenvalue weighted by atomic mass is 9.87. The van der Waals surface area contributed by atoms with Crippen LogP contribution in [0.1, 0.15) is 30.9 Å². The van der Waals surface area contributed by atoms with Crippen molar-refractivity contribution in [1.29, 1.82) is 0 Å². The monoisotopic (exact) mass is 357 g/mol. The highest BCUT2D eigenvalue weighted by Crippen LogP contribution is 2.30. The zero-order chi connectivity index (χ0) is 18.4. The number of nitrogens with zero attached hydrogens (tertiary/aromatic N) is 1. The van der Waals surface area contributed by atoms with E-state index in [1.54, 1.807) is 23.1 Å². The molecule has 0 aliphatic carbocycles. The third-order valence-corrected chi connectivity index (χ3v) is 4.89. The largest absolute Gasteiger partial charge is 0.490 e. The van der Waals surface area contributed by atoms with Gasteiger partial charge in [-0.05, 0) is 36.5 Å². The summed E-state index contributed by atoms with van der Waals surface area (Å²) in [6.45, 7) is 1.42. The average molecular weight is 357 g/mol. The molecule has 1 fully saturated rings. The first-order chi connectivity index (χ1) is 12.6. The highest BCUT2D eigenvalue weighted by atomic mass is 19.1. The molecular weight excluding hydrogens is 333 g/mol. The number of hydrogen-bond acceptors (Lipinski definition) is 3. The fourth-order valence-corrected chi connectivity index (χ4v) is 3.36. The van der Waals surface area contributed by atoms with E-state index >= 15 is 0 Å². The van der Waals surface area contributed by atoms with E-state index in [9.17, 15) is 14.3 Å². The maximum Gasteiger partial charge on any atom is 0.225 e. The molecule has 0 aromatic heterocycles. The van der Waals surface area contributed by atoms with Gasteiger partial charge in [0.2, 0.25) is 5.91 Å². The Kier molecular flexibility index (Phi) is 6.23. The Labute approximate surface area is 153 Å². The van der Waals surface area contributed by atoms with Gasteiger partial charge in [-0.3, -0.25) is 4.79 Å². The van der Waals surface area contributed by atoms with Gasteiger partial charge in [-0.15, -0.1) is 0 Å². The molecule has 0 unspecified atom stereocenters. The summed E-state index contributed by atoms with van der Waals surface area (Å²) in [5, 5.41) is 10.5. The minimum atomic E-state index is -0.488. The molecule has 0 radical (unpaired) electrons. The van der Waals surface area contributed by atoms with Crippen LogP contribution in [0, 0.1) is 11.7 Å². The standard InChI is InChI=1S/C21H24FNO3/c22-18-8-4-5-9-19(18)26-15-12-20(24)23-13-10-17(11-14-23)21(25)16-6-2-1-3-7-16/h1-9,17,21,25H,10-15H2/t21-/m1/s1. The molecule has 0 spiro atoms. The smallest absolute Gasteiger partial charge is 0.225 e. The quantitative estimate of drug-likeness (QED) is 0.860. The molecule has 1 amide bonds.